The third-order valence-electron chi connectivity index (χ3n) is 4.51. The first-order valence-electron chi connectivity index (χ1n) is 8.52. The molecule has 1 aliphatic carbocycles. The number of piperidine rings is 1. The van der Waals surface area contributed by atoms with Gasteiger partial charge >= 0.3 is 10.1 Å². The molecule has 0 radical (unpaired) electrons. The summed E-state index contributed by atoms with van der Waals surface area (Å²) in [6, 6.07) is 8.94. The topological polar surface area (TPSA) is 75.7 Å². The van der Waals surface area contributed by atoms with Gasteiger partial charge in [0.05, 0.1) is 5.75 Å². The predicted octanol–water partition coefficient (Wildman–Crippen LogP) is 1.39. The Balaban J connectivity index is 1.40. The Morgan fingerprint density at radius 2 is 1.79 bits per heavy atom. The van der Waals surface area contributed by atoms with E-state index >= 15 is 0 Å². The van der Waals surface area contributed by atoms with Crippen molar-refractivity contribution in [1.82, 2.24) is 10.2 Å². The Morgan fingerprint density at radius 3 is 2.42 bits per heavy atom. The van der Waals surface area contributed by atoms with Crippen LogP contribution in [0.4, 0.5) is 0 Å². The van der Waals surface area contributed by atoms with E-state index in [-0.39, 0.29) is 17.6 Å². The van der Waals surface area contributed by atoms with Crippen LogP contribution in [0, 0.1) is 5.92 Å². The number of amides is 1. The molecule has 0 spiro atoms. The number of likely N-dealkylation sites (tertiary alicyclic amines) is 1. The minimum Gasteiger partial charge on any atom is -0.382 e. The molecule has 1 aromatic rings. The highest BCUT2D eigenvalue weighted by atomic mass is 32.2. The van der Waals surface area contributed by atoms with Crippen molar-refractivity contribution in [2.24, 2.45) is 5.92 Å². The van der Waals surface area contributed by atoms with Crippen LogP contribution in [0.25, 0.3) is 0 Å². The smallest absolute Gasteiger partial charge is 0.310 e. The lowest BCUT2D eigenvalue weighted by Crippen LogP contribution is -2.42. The van der Waals surface area contributed by atoms with E-state index in [0.717, 1.165) is 38.8 Å². The summed E-state index contributed by atoms with van der Waals surface area (Å²) in [4.78, 5) is 14.1. The van der Waals surface area contributed by atoms with Crippen LogP contribution in [-0.2, 0) is 14.9 Å². The molecular weight excluding hydrogens is 328 g/mol. The zero-order valence-electron chi connectivity index (χ0n) is 13.7. The molecule has 1 N–H and O–H groups in total. The van der Waals surface area contributed by atoms with Gasteiger partial charge in [-0.2, -0.15) is 8.42 Å². The molecule has 1 saturated carbocycles. The number of carbonyl (C=O) groups excluding carboxylic acids is 1. The highest BCUT2D eigenvalue weighted by Gasteiger charge is 2.30. The van der Waals surface area contributed by atoms with Gasteiger partial charge in [-0.15, -0.1) is 0 Å². The van der Waals surface area contributed by atoms with Gasteiger partial charge in [-0.05, 0) is 50.9 Å². The molecule has 1 heterocycles. The van der Waals surface area contributed by atoms with Gasteiger partial charge in [-0.1, -0.05) is 18.2 Å². The van der Waals surface area contributed by atoms with Crippen LogP contribution >= 0.6 is 0 Å². The molecule has 1 saturated heterocycles. The summed E-state index contributed by atoms with van der Waals surface area (Å²) in [6.07, 6.45) is 3.78. The van der Waals surface area contributed by atoms with Crippen molar-refractivity contribution < 1.29 is 17.4 Å². The van der Waals surface area contributed by atoms with Crippen LogP contribution in [0.2, 0.25) is 0 Å². The van der Waals surface area contributed by atoms with Gasteiger partial charge < -0.3 is 14.4 Å². The summed E-state index contributed by atoms with van der Waals surface area (Å²) in [5.74, 6) is 0.532. The van der Waals surface area contributed by atoms with Crippen molar-refractivity contribution in [3.8, 4) is 5.75 Å². The molecular formula is C17H24N2O4S. The van der Waals surface area contributed by atoms with E-state index in [1.165, 1.54) is 0 Å². The lowest BCUT2D eigenvalue weighted by atomic mass is 9.96. The molecule has 1 aliphatic heterocycles. The summed E-state index contributed by atoms with van der Waals surface area (Å²) in [5.41, 5.74) is 0. The fraction of sp³-hybridized carbons (Fsp3) is 0.588. The minimum absolute atomic E-state index is 0.0408. The summed E-state index contributed by atoms with van der Waals surface area (Å²) >= 11 is 0. The van der Waals surface area contributed by atoms with Crippen LogP contribution in [0.3, 0.4) is 0 Å². The maximum absolute atomic E-state index is 12.0. The fourth-order valence-corrected chi connectivity index (χ4v) is 3.84. The fourth-order valence-electron chi connectivity index (χ4n) is 2.87. The van der Waals surface area contributed by atoms with E-state index in [1.54, 1.807) is 24.3 Å². The zero-order valence-corrected chi connectivity index (χ0v) is 14.5. The molecule has 0 bridgehead atoms. The highest BCUT2D eigenvalue weighted by molar-refractivity contribution is 7.87. The van der Waals surface area contributed by atoms with Crippen molar-refractivity contribution in [2.75, 3.05) is 25.4 Å². The molecule has 3 rings (SSSR count). The van der Waals surface area contributed by atoms with Gasteiger partial charge in [0.1, 0.15) is 5.75 Å². The lowest BCUT2D eigenvalue weighted by Gasteiger charge is -2.31. The first-order chi connectivity index (χ1) is 11.5. The normalized spacial score (nSPS) is 19.8. The SMILES string of the molecule is O=C(NC1CC1)C1CCN(CCS(=O)(=O)Oc2ccccc2)CC1. The van der Waals surface area contributed by atoms with Crippen LogP contribution in [0.15, 0.2) is 30.3 Å². The summed E-state index contributed by atoms with van der Waals surface area (Å²) in [7, 11) is -3.59. The molecule has 132 valence electrons. The van der Waals surface area contributed by atoms with Crippen LogP contribution in [0.5, 0.6) is 5.75 Å². The minimum atomic E-state index is -3.59. The van der Waals surface area contributed by atoms with Gasteiger partial charge in [0.15, 0.2) is 0 Å². The number of carbonyl (C=O) groups is 1. The number of para-hydroxylation sites is 1. The van der Waals surface area contributed by atoms with Crippen molar-refractivity contribution in [3.05, 3.63) is 30.3 Å². The molecule has 1 aromatic carbocycles. The molecule has 24 heavy (non-hydrogen) atoms. The molecule has 7 heteroatoms. The van der Waals surface area contributed by atoms with E-state index < -0.39 is 10.1 Å². The molecule has 1 amide bonds. The standard InChI is InChI=1S/C17H24N2O4S/c20-17(18-15-6-7-15)14-8-10-19(11-9-14)12-13-24(21,22)23-16-4-2-1-3-5-16/h1-5,14-15H,6-13H2,(H,18,20). The Kier molecular flexibility index (Phi) is 5.40. The Labute approximate surface area is 143 Å². The summed E-state index contributed by atoms with van der Waals surface area (Å²) in [5, 5.41) is 3.05. The highest BCUT2D eigenvalue weighted by Crippen LogP contribution is 2.22. The average molecular weight is 352 g/mol. The first kappa shape index (κ1) is 17.2. The molecule has 0 aromatic heterocycles. The molecule has 6 nitrogen and oxygen atoms in total. The lowest BCUT2D eigenvalue weighted by molar-refractivity contribution is -0.126. The Bertz CT molecular complexity index is 650. The predicted molar refractivity (Wildman–Crippen MR) is 91.2 cm³/mol. The third kappa shape index (κ3) is 5.21. The zero-order chi connectivity index (χ0) is 17.0. The largest absolute Gasteiger partial charge is 0.382 e. The summed E-state index contributed by atoms with van der Waals surface area (Å²) in [6.45, 7) is 1.94. The quantitative estimate of drug-likeness (QED) is 0.751. The number of nitrogens with one attached hydrogen (secondary N) is 1. The summed E-state index contributed by atoms with van der Waals surface area (Å²) < 4.78 is 29.1. The van der Waals surface area contributed by atoms with Crippen LogP contribution in [-0.4, -0.2) is 50.7 Å². The number of nitrogens with zero attached hydrogens (tertiary/aromatic N) is 1. The Hall–Kier alpha value is -1.60. The molecule has 0 unspecified atom stereocenters. The van der Waals surface area contributed by atoms with Crippen LogP contribution < -0.4 is 9.50 Å². The van der Waals surface area contributed by atoms with Gasteiger partial charge in [-0.3, -0.25) is 4.79 Å². The first-order valence-corrected chi connectivity index (χ1v) is 10.1. The average Bonchev–Trinajstić information content (AvgIpc) is 3.38. The molecule has 2 aliphatic rings. The van der Waals surface area contributed by atoms with E-state index in [0.29, 0.717) is 18.3 Å². The third-order valence-corrected chi connectivity index (χ3v) is 5.63. The monoisotopic (exact) mass is 352 g/mol. The van der Waals surface area contributed by atoms with Crippen LogP contribution in [0.1, 0.15) is 25.7 Å². The van der Waals surface area contributed by atoms with E-state index in [2.05, 4.69) is 10.2 Å². The van der Waals surface area contributed by atoms with E-state index in [4.69, 9.17) is 4.18 Å². The van der Waals surface area contributed by atoms with Crippen molar-refractivity contribution >= 4 is 16.0 Å². The number of hydrogen-bond donors (Lipinski definition) is 1. The van der Waals surface area contributed by atoms with Gasteiger partial charge in [0, 0.05) is 18.5 Å². The molecule has 0 atom stereocenters. The number of hydrogen-bond acceptors (Lipinski definition) is 5. The Morgan fingerprint density at radius 1 is 1.12 bits per heavy atom. The van der Waals surface area contributed by atoms with Crippen molar-refractivity contribution in [2.45, 2.75) is 31.7 Å². The van der Waals surface area contributed by atoms with Crippen molar-refractivity contribution in [3.63, 3.8) is 0 Å². The second-order valence-corrected chi connectivity index (χ2v) is 8.25. The number of benzene rings is 1. The van der Waals surface area contributed by atoms with Gasteiger partial charge in [-0.25, -0.2) is 0 Å². The van der Waals surface area contributed by atoms with Gasteiger partial charge in [0.2, 0.25) is 5.91 Å². The number of rotatable bonds is 7. The second kappa shape index (κ2) is 7.53. The molecule has 2 fully saturated rings. The maximum Gasteiger partial charge on any atom is 0.310 e. The van der Waals surface area contributed by atoms with Gasteiger partial charge in [0.25, 0.3) is 0 Å². The second-order valence-electron chi connectivity index (χ2n) is 6.56. The van der Waals surface area contributed by atoms with E-state index in [1.807, 2.05) is 6.07 Å². The van der Waals surface area contributed by atoms with E-state index in [9.17, 15) is 13.2 Å². The van der Waals surface area contributed by atoms with Crippen molar-refractivity contribution in [1.29, 1.82) is 0 Å². The maximum atomic E-state index is 12.0.